The molecule has 0 aliphatic rings. The van der Waals surface area contributed by atoms with Crippen LogP contribution in [-0.2, 0) is 0 Å². The third-order valence-corrected chi connectivity index (χ3v) is 4.29. The van der Waals surface area contributed by atoms with Crippen LogP contribution in [0.25, 0.3) is 0 Å². The number of amides is 1. The first-order valence-corrected chi connectivity index (χ1v) is 8.92. The van der Waals surface area contributed by atoms with Crippen LogP contribution in [0.4, 0.5) is 17.1 Å². The summed E-state index contributed by atoms with van der Waals surface area (Å²) in [4.78, 5) is 29.2. The lowest BCUT2D eigenvalue weighted by Gasteiger charge is -2.18. The van der Waals surface area contributed by atoms with Crippen molar-refractivity contribution >= 4 is 29.3 Å². The molecule has 8 nitrogen and oxygen atoms in total. The summed E-state index contributed by atoms with van der Waals surface area (Å²) in [5, 5.41) is 10.9. The average molecular weight is 405 g/mol. The number of ether oxygens (including phenoxy) is 2. The van der Waals surface area contributed by atoms with Crippen LogP contribution < -0.4 is 14.4 Å². The Bertz CT molecular complexity index is 1050. The fraction of sp³-hybridized carbons (Fsp3) is 0.0909. The second-order valence-electron chi connectivity index (χ2n) is 6.12. The number of aliphatic imine (C=N–C) groups is 1. The maximum absolute atomic E-state index is 13.1. The first kappa shape index (κ1) is 20.5. The lowest BCUT2D eigenvalue weighted by Crippen LogP contribution is -2.29. The molecule has 0 radical (unpaired) electrons. The first-order chi connectivity index (χ1) is 14.5. The number of carbonyl (C=O) groups excluding carboxylic acids is 1. The summed E-state index contributed by atoms with van der Waals surface area (Å²) < 4.78 is 10.3. The highest BCUT2D eigenvalue weighted by molar-refractivity contribution is 6.16. The van der Waals surface area contributed by atoms with Gasteiger partial charge in [0.25, 0.3) is 11.6 Å². The van der Waals surface area contributed by atoms with Crippen LogP contribution >= 0.6 is 0 Å². The largest absolute Gasteiger partial charge is 0.497 e. The van der Waals surface area contributed by atoms with Crippen LogP contribution in [0, 0.1) is 10.1 Å². The maximum atomic E-state index is 13.1. The minimum absolute atomic E-state index is 0.0885. The van der Waals surface area contributed by atoms with Gasteiger partial charge in [-0.1, -0.05) is 0 Å². The zero-order valence-corrected chi connectivity index (χ0v) is 16.4. The van der Waals surface area contributed by atoms with E-state index in [0.717, 1.165) is 0 Å². The third kappa shape index (κ3) is 4.79. The average Bonchev–Trinajstić information content (AvgIpc) is 2.80. The van der Waals surface area contributed by atoms with Crippen molar-refractivity contribution in [1.82, 2.24) is 0 Å². The summed E-state index contributed by atoms with van der Waals surface area (Å²) in [7, 11) is 3.13. The number of nitro groups is 1. The first-order valence-electron chi connectivity index (χ1n) is 8.92. The Morgan fingerprint density at radius 3 is 1.93 bits per heavy atom. The Kier molecular flexibility index (Phi) is 6.39. The standard InChI is InChI=1S/C22H19N3O5/c1-29-20-11-5-17(6-12-20)23-15-24(18-9-13-21(30-2)14-10-18)22(26)16-3-7-19(8-4-16)25(27)28/h3-15H,1-2H3. The van der Waals surface area contributed by atoms with Gasteiger partial charge < -0.3 is 9.47 Å². The molecule has 0 saturated carbocycles. The molecule has 152 valence electrons. The highest BCUT2D eigenvalue weighted by Gasteiger charge is 2.18. The summed E-state index contributed by atoms with van der Waals surface area (Å²) in [6.07, 6.45) is 1.41. The van der Waals surface area contributed by atoms with Crippen LogP contribution in [0.1, 0.15) is 10.4 Å². The molecular weight excluding hydrogens is 386 g/mol. The van der Waals surface area contributed by atoms with Gasteiger partial charge in [-0.15, -0.1) is 0 Å². The maximum Gasteiger partial charge on any atom is 0.269 e. The van der Waals surface area contributed by atoms with Gasteiger partial charge in [0.1, 0.15) is 17.8 Å². The molecule has 0 aliphatic carbocycles. The Morgan fingerprint density at radius 1 is 0.900 bits per heavy atom. The minimum atomic E-state index is -0.513. The Hall–Kier alpha value is -4.20. The Labute approximate surface area is 173 Å². The van der Waals surface area contributed by atoms with E-state index in [1.807, 2.05) is 0 Å². The smallest absolute Gasteiger partial charge is 0.269 e. The van der Waals surface area contributed by atoms with Crippen molar-refractivity contribution in [3.05, 3.63) is 88.5 Å². The van der Waals surface area contributed by atoms with Gasteiger partial charge in [0.05, 0.1) is 30.5 Å². The molecule has 0 spiro atoms. The van der Waals surface area contributed by atoms with E-state index in [1.54, 1.807) is 62.8 Å². The molecule has 0 unspecified atom stereocenters. The third-order valence-electron chi connectivity index (χ3n) is 4.29. The van der Waals surface area contributed by atoms with E-state index < -0.39 is 4.92 Å². The van der Waals surface area contributed by atoms with Crippen molar-refractivity contribution in [2.75, 3.05) is 19.1 Å². The van der Waals surface area contributed by atoms with Crippen LogP contribution in [0.2, 0.25) is 0 Å². The normalized spacial score (nSPS) is 10.6. The summed E-state index contributed by atoms with van der Waals surface area (Å²) in [6, 6.07) is 19.4. The van der Waals surface area contributed by atoms with Crippen LogP contribution in [0.5, 0.6) is 11.5 Å². The van der Waals surface area contributed by atoms with E-state index >= 15 is 0 Å². The zero-order chi connectivity index (χ0) is 21.5. The fourth-order valence-electron chi connectivity index (χ4n) is 2.64. The lowest BCUT2D eigenvalue weighted by atomic mass is 10.1. The predicted molar refractivity (Wildman–Crippen MR) is 114 cm³/mol. The van der Waals surface area contributed by atoms with Crippen LogP contribution in [0.15, 0.2) is 77.8 Å². The second kappa shape index (κ2) is 9.33. The van der Waals surface area contributed by atoms with E-state index in [9.17, 15) is 14.9 Å². The predicted octanol–water partition coefficient (Wildman–Crippen LogP) is 4.62. The zero-order valence-electron chi connectivity index (χ0n) is 16.4. The van der Waals surface area contributed by atoms with Gasteiger partial charge in [-0.2, -0.15) is 0 Å². The molecule has 3 aromatic rings. The van der Waals surface area contributed by atoms with E-state index in [-0.39, 0.29) is 17.2 Å². The van der Waals surface area contributed by atoms with Gasteiger partial charge in [-0.3, -0.25) is 19.8 Å². The number of benzene rings is 3. The van der Waals surface area contributed by atoms with Gasteiger partial charge in [-0.05, 0) is 60.7 Å². The molecule has 0 bridgehead atoms. The molecule has 0 atom stereocenters. The topological polar surface area (TPSA) is 94.3 Å². The Balaban J connectivity index is 1.93. The molecule has 1 amide bonds. The molecular formula is C22H19N3O5. The van der Waals surface area contributed by atoms with E-state index in [1.165, 1.54) is 35.5 Å². The van der Waals surface area contributed by atoms with Crippen molar-refractivity contribution in [3.8, 4) is 11.5 Å². The Morgan fingerprint density at radius 2 is 1.43 bits per heavy atom. The van der Waals surface area contributed by atoms with Crippen LogP contribution in [-0.4, -0.2) is 31.4 Å². The van der Waals surface area contributed by atoms with Gasteiger partial charge in [0.2, 0.25) is 0 Å². The summed E-state index contributed by atoms with van der Waals surface area (Å²) >= 11 is 0. The summed E-state index contributed by atoms with van der Waals surface area (Å²) in [6.45, 7) is 0. The molecule has 0 saturated heterocycles. The SMILES string of the molecule is COc1ccc(N=CN(C(=O)c2ccc([N+](=O)[O-])cc2)c2ccc(OC)cc2)cc1. The van der Waals surface area contributed by atoms with Crippen molar-refractivity contribution in [3.63, 3.8) is 0 Å². The molecule has 0 aromatic heterocycles. The highest BCUT2D eigenvalue weighted by Crippen LogP contribution is 2.23. The van der Waals surface area contributed by atoms with Crippen molar-refractivity contribution in [2.24, 2.45) is 4.99 Å². The van der Waals surface area contributed by atoms with E-state index in [0.29, 0.717) is 22.9 Å². The van der Waals surface area contributed by atoms with Crippen molar-refractivity contribution in [1.29, 1.82) is 0 Å². The number of nitro benzene ring substituents is 1. The molecule has 0 fully saturated rings. The summed E-state index contributed by atoms with van der Waals surface area (Å²) in [5.74, 6) is 0.962. The molecule has 3 rings (SSSR count). The van der Waals surface area contributed by atoms with Gasteiger partial charge in [-0.25, -0.2) is 4.99 Å². The molecule has 8 heteroatoms. The number of hydrogen-bond acceptors (Lipinski definition) is 6. The number of rotatable bonds is 7. The molecule has 0 aliphatic heterocycles. The highest BCUT2D eigenvalue weighted by atomic mass is 16.6. The number of anilines is 1. The number of hydrogen-bond donors (Lipinski definition) is 0. The number of non-ortho nitro benzene ring substituents is 1. The van der Waals surface area contributed by atoms with E-state index in [2.05, 4.69) is 4.99 Å². The van der Waals surface area contributed by atoms with Crippen LogP contribution in [0.3, 0.4) is 0 Å². The van der Waals surface area contributed by atoms with E-state index in [4.69, 9.17) is 9.47 Å². The van der Waals surface area contributed by atoms with Crippen molar-refractivity contribution in [2.45, 2.75) is 0 Å². The quantitative estimate of drug-likeness (QED) is 0.247. The molecule has 0 heterocycles. The minimum Gasteiger partial charge on any atom is -0.497 e. The molecule has 3 aromatic carbocycles. The van der Waals surface area contributed by atoms with Gasteiger partial charge in [0, 0.05) is 17.7 Å². The van der Waals surface area contributed by atoms with Gasteiger partial charge in [0.15, 0.2) is 0 Å². The number of methoxy groups -OCH3 is 2. The lowest BCUT2D eigenvalue weighted by molar-refractivity contribution is -0.384. The fourth-order valence-corrected chi connectivity index (χ4v) is 2.64. The summed E-state index contributed by atoms with van der Waals surface area (Å²) in [5.41, 5.74) is 1.40. The van der Waals surface area contributed by atoms with Crippen molar-refractivity contribution < 1.29 is 19.2 Å². The monoisotopic (exact) mass is 405 g/mol. The molecule has 0 N–H and O–H groups in total. The number of carbonyl (C=O) groups is 1. The van der Waals surface area contributed by atoms with Gasteiger partial charge >= 0.3 is 0 Å². The second-order valence-corrected chi connectivity index (χ2v) is 6.12. The molecule has 30 heavy (non-hydrogen) atoms. The number of nitrogens with zero attached hydrogens (tertiary/aromatic N) is 3.